The number of carboxylic acid groups (broad SMARTS) is 2. The maximum Gasteiger partial charge on any atom is 0.414 e. The highest BCUT2D eigenvalue weighted by atomic mass is 32.1. The number of aromatic nitrogens is 1. The van der Waals surface area contributed by atoms with E-state index in [0.29, 0.717) is 5.92 Å². The van der Waals surface area contributed by atoms with Gasteiger partial charge >= 0.3 is 11.9 Å². The average molecular weight is 523 g/mol. The summed E-state index contributed by atoms with van der Waals surface area (Å²) in [7, 11) is 0. The Balaban J connectivity index is 0.000000480. The highest BCUT2D eigenvalue weighted by Crippen LogP contribution is 2.36. The van der Waals surface area contributed by atoms with Crippen LogP contribution in [0, 0.1) is 5.92 Å². The number of carboxylic acids is 2. The van der Waals surface area contributed by atoms with Gasteiger partial charge < -0.3 is 15.3 Å². The first-order chi connectivity index (χ1) is 17.9. The third kappa shape index (κ3) is 7.03. The first-order valence-corrected chi connectivity index (χ1v) is 13.7. The summed E-state index contributed by atoms with van der Waals surface area (Å²) in [5.74, 6) is -3.08. The third-order valence-electron chi connectivity index (χ3n) is 7.42. The summed E-state index contributed by atoms with van der Waals surface area (Å²) in [6, 6.07) is 15.0. The van der Waals surface area contributed by atoms with Crippen molar-refractivity contribution < 1.29 is 24.9 Å². The molecular weight excluding hydrogens is 488 g/mol. The van der Waals surface area contributed by atoms with E-state index in [1.165, 1.54) is 34.1 Å². The molecule has 37 heavy (non-hydrogen) atoms. The van der Waals surface area contributed by atoms with E-state index in [1.807, 2.05) is 23.6 Å². The molecule has 1 aromatic carbocycles. The highest BCUT2D eigenvalue weighted by molar-refractivity contribution is 7.17. The van der Waals surface area contributed by atoms with E-state index in [4.69, 9.17) is 19.8 Å². The molecule has 0 radical (unpaired) electrons. The molecular formula is C29H34N2O5S. The number of aliphatic hydroxyl groups is 1. The van der Waals surface area contributed by atoms with Crippen LogP contribution in [0.4, 0.5) is 0 Å². The molecule has 1 aliphatic heterocycles. The van der Waals surface area contributed by atoms with E-state index < -0.39 is 11.9 Å². The van der Waals surface area contributed by atoms with Gasteiger partial charge in [0.1, 0.15) is 0 Å². The van der Waals surface area contributed by atoms with Gasteiger partial charge in [0.25, 0.3) is 0 Å². The molecule has 1 saturated carbocycles. The number of aliphatic hydroxyl groups excluding tert-OH is 1. The minimum atomic E-state index is -1.82. The van der Waals surface area contributed by atoms with Crippen molar-refractivity contribution in [1.82, 2.24) is 9.88 Å². The molecule has 7 nitrogen and oxygen atoms in total. The fourth-order valence-corrected chi connectivity index (χ4v) is 6.39. The smallest absolute Gasteiger partial charge is 0.414 e. The van der Waals surface area contributed by atoms with Crippen LogP contribution in [0.15, 0.2) is 60.1 Å². The van der Waals surface area contributed by atoms with Gasteiger partial charge in [-0.25, -0.2) is 9.59 Å². The lowest BCUT2D eigenvalue weighted by molar-refractivity contribution is -0.159. The zero-order valence-electron chi connectivity index (χ0n) is 20.8. The van der Waals surface area contributed by atoms with Crippen LogP contribution in [-0.4, -0.2) is 62.9 Å². The monoisotopic (exact) mass is 522 g/mol. The Morgan fingerprint density at radius 1 is 1.05 bits per heavy atom. The molecule has 0 amide bonds. The second-order valence-electron chi connectivity index (χ2n) is 9.72. The highest BCUT2D eigenvalue weighted by Gasteiger charge is 2.32. The summed E-state index contributed by atoms with van der Waals surface area (Å²) >= 11 is 1.85. The Kier molecular flexibility index (Phi) is 9.44. The van der Waals surface area contributed by atoms with Crippen LogP contribution in [-0.2, 0) is 9.59 Å². The SMILES string of the molecule is O=C(O)C(=O)O.OC(C1CCCC1)C(CCN1CC=C(c2cccc3ccsc23)CC1)c1ccccn1. The molecule has 3 N–H and O–H groups in total. The molecule has 0 bridgehead atoms. The number of carbonyl (C=O) groups is 2. The van der Waals surface area contributed by atoms with Crippen molar-refractivity contribution in [2.45, 2.75) is 50.5 Å². The van der Waals surface area contributed by atoms with Crippen molar-refractivity contribution in [2.75, 3.05) is 19.6 Å². The third-order valence-corrected chi connectivity index (χ3v) is 8.38. The fraction of sp³-hybridized carbons (Fsp3) is 0.414. The van der Waals surface area contributed by atoms with E-state index in [9.17, 15) is 5.11 Å². The Labute approximate surface area is 221 Å². The van der Waals surface area contributed by atoms with E-state index in [1.54, 1.807) is 0 Å². The number of rotatable bonds is 7. The summed E-state index contributed by atoms with van der Waals surface area (Å²) in [5, 5.41) is 29.5. The first-order valence-electron chi connectivity index (χ1n) is 12.9. The predicted octanol–water partition coefficient (Wildman–Crippen LogP) is 5.27. The van der Waals surface area contributed by atoms with E-state index >= 15 is 0 Å². The first kappa shape index (κ1) is 27.0. The van der Waals surface area contributed by atoms with Gasteiger partial charge in [0, 0.05) is 35.6 Å². The number of thiophene rings is 1. The van der Waals surface area contributed by atoms with E-state index in [0.717, 1.165) is 51.0 Å². The summed E-state index contributed by atoms with van der Waals surface area (Å²) in [6.45, 7) is 3.09. The molecule has 3 heterocycles. The lowest BCUT2D eigenvalue weighted by Gasteiger charge is -2.31. The Morgan fingerprint density at radius 3 is 2.49 bits per heavy atom. The van der Waals surface area contributed by atoms with Gasteiger partial charge in [-0.1, -0.05) is 43.2 Å². The van der Waals surface area contributed by atoms with Crippen LogP contribution in [0.5, 0.6) is 0 Å². The summed E-state index contributed by atoms with van der Waals surface area (Å²) < 4.78 is 1.41. The second-order valence-corrected chi connectivity index (χ2v) is 10.6. The maximum atomic E-state index is 11.2. The molecule has 5 rings (SSSR count). The van der Waals surface area contributed by atoms with Crippen molar-refractivity contribution in [2.24, 2.45) is 5.92 Å². The topological polar surface area (TPSA) is 111 Å². The van der Waals surface area contributed by atoms with E-state index in [2.05, 4.69) is 57.7 Å². The lowest BCUT2D eigenvalue weighted by atomic mass is 9.85. The van der Waals surface area contributed by atoms with Gasteiger partial charge in [-0.05, 0) is 78.2 Å². The van der Waals surface area contributed by atoms with E-state index in [-0.39, 0.29) is 12.0 Å². The Morgan fingerprint density at radius 2 is 1.84 bits per heavy atom. The number of aliphatic carboxylic acids is 2. The Bertz CT molecular complexity index is 1210. The van der Waals surface area contributed by atoms with Gasteiger partial charge in [0.2, 0.25) is 0 Å². The van der Waals surface area contributed by atoms with Crippen LogP contribution >= 0.6 is 11.3 Å². The van der Waals surface area contributed by atoms with Crippen LogP contribution in [0.3, 0.4) is 0 Å². The van der Waals surface area contributed by atoms with Crippen molar-refractivity contribution in [3.8, 4) is 0 Å². The molecule has 3 aromatic rings. The van der Waals surface area contributed by atoms with Crippen LogP contribution in [0.2, 0.25) is 0 Å². The second kappa shape index (κ2) is 12.9. The maximum absolute atomic E-state index is 11.2. The fourth-order valence-electron chi connectivity index (χ4n) is 5.44. The molecule has 8 heteroatoms. The van der Waals surface area contributed by atoms with Crippen molar-refractivity contribution >= 4 is 38.9 Å². The molecule has 2 aliphatic rings. The largest absolute Gasteiger partial charge is 0.473 e. The molecule has 2 aromatic heterocycles. The molecule has 2 unspecified atom stereocenters. The summed E-state index contributed by atoms with van der Waals surface area (Å²) in [4.78, 5) is 25.4. The number of fused-ring (bicyclic) bond motifs is 1. The number of hydrogen-bond acceptors (Lipinski definition) is 6. The van der Waals surface area contributed by atoms with Crippen LogP contribution < -0.4 is 0 Å². The van der Waals surface area contributed by atoms with Crippen LogP contribution in [0.25, 0.3) is 15.7 Å². The minimum Gasteiger partial charge on any atom is -0.473 e. The number of pyridine rings is 1. The van der Waals surface area contributed by atoms with Crippen molar-refractivity contribution in [3.63, 3.8) is 0 Å². The Hall–Kier alpha value is -3.07. The van der Waals surface area contributed by atoms with Gasteiger partial charge in [-0.15, -0.1) is 11.3 Å². The van der Waals surface area contributed by atoms with Crippen LogP contribution in [0.1, 0.15) is 55.7 Å². The predicted molar refractivity (Wildman–Crippen MR) is 146 cm³/mol. The van der Waals surface area contributed by atoms with Crippen molar-refractivity contribution in [3.05, 3.63) is 71.4 Å². The number of benzene rings is 1. The number of hydrogen-bond donors (Lipinski definition) is 3. The summed E-state index contributed by atoms with van der Waals surface area (Å²) in [5.41, 5.74) is 3.95. The van der Waals surface area contributed by atoms with Gasteiger partial charge in [0.05, 0.1) is 6.10 Å². The average Bonchev–Trinajstić information content (AvgIpc) is 3.62. The van der Waals surface area contributed by atoms with Gasteiger partial charge in [-0.2, -0.15) is 0 Å². The molecule has 1 aliphatic carbocycles. The quantitative estimate of drug-likeness (QED) is 0.363. The van der Waals surface area contributed by atoms with Gasteiger partial charge in [-0.3, -0.25) is 9.88 Å². The number of nitrogens with zero attached hydrogens (tertiary/aromatic N) is 2. The summed E-state index contributed by atoms with van der Waals surface area (Å²) in [6.07, 6.45) is 10.9. The zero-order valence-corrected chi connectivity index (χ0v) is 21.6. The molecule has 2 atom stereocenters. The van der Waals surface area contributed by atoms with Crippen molar-refractivity contribution in [1.29, 1.82) is 0 Å². The molecule has 196 valence electrons. The molecule has 0 saturated heterocycles. The molecule has 0 spiro atoms. The molecule has 1 fully saturated rings. The normalized spacial score (nSPS) is 18.0. The standard InChI is InChI=1S/C27H32N2OS.C2H2O4/c30-26(21-6-1-2-7-21)24(25-10-3-4-15-28-25)13-18-29-16-11-20(12-17-29)23-9-5-8-22-14-19-31-27(22)23;3-1(4)2(5)6/h3-5,8-11,14-15,19,21,24,26,30H,1-2,6-7,12-13,16-18H2;(H,3,4)(H,5,6). The lowest BCUT2D eigenvalue weighted by Crippen LogP contribution is -2.34. The minimum absolute atomic E-state index is 0.134. The van der Waals surface area contributed by atoms with Gasteiger partial charge in [0.15, 0.2) is 0 Å². The zero-order chi connectivity index (χ0) is 26.2.